The molecule has 0 heterocycles. The zero-order valence-corrected chi connectivity index (χ0v) is 8.10. The Balaban J connectivity index is -0.0000000184. The van der Waals surface area contributed by atoms with Gasteiger partial charge in [0.05, 0.1) is 0 Å². The van der Waals surface area contributed by atoms with Crippen molar-refractivity contribution in [2.75, 3.05) is 0 Å². The van der Waals surface area contributed by atoms with Crippen LogP contribution in [0, 0.1) is 30.3 Å². The van der Waals surface area contributed by atoms with Gasteiger partial charge in [0, 0.05) is 19.5 Å². The van der Waals surface area contributed by atoms with Gasteiger partial charge in [0.1, 0.15) is 0 Å². The molecular weight excluding hydrogens is 321 g/mol. The van der Waals surface area contributed by atoms with E-state index in [1.165, 1.54) is 0 Å². The predicted molar refractivity (Wildman–Crippen MR) is 33.6 cm³/mol. The van der Waals surface area contributed by atoms with Crippen LogP contribution in [0.2, 0.25) is 0 Å². The molecular formula is H7N3O11Rh. The molecule has 7 N–H and O–H groups in total. The molecule has 14 nitrogen and oxygen atoms in total. The average Bonchev–Trinajstić information content (AvgIpc) is 1.54. The van der Waals surface area contributed by atoms with Gasteiger partial charge in [0.25, 0.3) is 15.3 Å². The van der Waals surface area contributed by atoms with Crippen molar-refractivity contribution in [3.05, 3.63) is 30.3 Å². The maximum absolute atomic E-state index is 8.36. The van der Waals surface area contributed by atoms with Crippen molar-refractivity contribution in [1.29, 1.82) is 0 Å². The van der Waals surface area contributed by atoms with Crippen molar-refractivity contribution in [2.45, 2.75) is 0 Å². The van der Waals surface area contributed by atoms with Gasteiger partial charge in [-0.15, -0.1) is 30.3 Å². The van der Waals surface area contributed by atoms with E-state index in [1.807, 2.05) is 0 Å². The molecule has 0 unspecified atom stereocenters. The van der Waals surface area contributed by atoms with Crippen LogP contribution in [0.1, 0.15) is 0 Å². The molecule has 0 aliphatic carbocycles. The van der Waals surface area contributed by atoms with Crippen LogP contribution in [0.15, 0.2) is 0 Å². The molecule has 0 aromatic heterocycles. The van der Waals surface area contributed by atoms with Gasteiger partial charge in [0.2, 0.25) is 0 Å². The third-order valence-electron chi connectivity index (χ3n) is 0. The van der Waals surface area contributed by atoms with Crippen molar-refractivity contribution >= 4 is 0 Å². The monoisotopic (exact) mass is 328 g/mol. The van der Waals surface area contributed by atoms with E-state index >= 15 is 0 Å². The van der Waals surface area contributed by atoms with Crippen LogP contribution in [-0.4, -0.2) is 41.8 Å². The summed E-state index contributed by atoms with van der Waals surface area (Å²) < 4.78 is 0. The Bertz CT molecular complexity index is 113. The Labute approximate surface area is 92.4 Å². The quantitative estimate of drug-likeness (QED) is 0.237. The minimum absolute atomic E-state index is 0. The van der Waals surface area contributed by atoms with E-state index in [-0.39, 0.29) is 30.4 Å². The van der Waals surface area contributed by atoms with Crippen LogP contribution in [0.25, 0.3) is 0 Å². The fourth-order valence-corrected chi connectivity index (χ4v) is 0. The first-order valence-electron chi connectivity index (χ1n) is 1.70. The van der Waals surface area contributed by atoms with Crippen molar-refractivity contribution in [3.8, 4) is 0 Å². The van der Waals surface area contributed by atoms with E-state index in [4.69, 9.17) is 46.0 Å². The maximum atomic E-state index is 8.36. The molecule has 0 aliphatic heterocycles. The first-order chi connectivity index (χ1) is 5.20. The molecule has 0 amide bonds. The second kappa shape index (κ2) is 29.6. The number of hydrogen-bond acceptors (Lipinski definition) is 6. The van der Waals surface area contributed by atoms with E-state index in [2.05, 4.69) is 0 Å². The molecule has 15 heteroatoms. The Morgan fingerprint density at radius 1 is 0.667 bits per heavy atom. The largest absolute Gasteiger partial charge is 0.412 e. The van der Waals surface area contributed by atoms with Gasteiger partial charge in [-0.05, 0) is 0 Å². The van der Waals surface area contributed by atoms with Gasteiger partial charge < -0.3 is 26.6 Å². The molecule has 0 aliphatic rings. The minimum Gasteiger partial charge on any atom is -0.412 e. The van der Waals surface area contributed by atoms with E-state index < -0.39 is 15.3 Å². The summed E-state index contributed by atoms with van der Waals surface area (Å²) in [6.07, 6.45) is 0. The van der Waals surface area contributed by atoms with Crippen molar-refractivity contribution < 1.29 is 61.3 Å². The molecule has 0 rings (SSSR count). The molecule has 0 saturated carbocycles. The first-order valence-corrected chi connectivity index (χ1v) is 1.70. The van der Waals surface area contributed by atoms with Crippen LogP contribution in [0.4, 0.5) is 0 Å². The Morgan fingerprint density at radius 3 is 0.667 bits per heavy atom. The molecule has 15 heavy (non-hydrogen) atoms. The van der Waals surface area contributed by atoms with Crippen LogP contribution >= 0.6 is 0 Å². The fourth-order valence-electron chi connectivity index (χ4n) is 0. The smallest absolute Gasteiger partial charge is 0.291 e. The third kappa shape index (κ3) is 362. The second-order valence-electron chi connectivity index (χ2n) is 0.714. The Kier molecular flexibility index (Phi) is 74.8. The SMILES string of the molecule is O.O.O=[N+]([O-])O.O=[N+]([O-])O.O=[N+]([O-])O.[Rh]. The molecule has 0 saturated heterocycles. The zero-order valence-electron chi connectivity index (χ0n) is 6.47. The molecule has 1 radical (unpaired) electrons. The fraction of sp³-hybridized carbons (Fsp3) is 0. The number of hydrogen-bond donors (Lipinski definition) is 3. The van der Waals surface area contributed by atoms with Crippen LogP contribution in [0.5, 0.6) is 0 Å². The molecule has 0 fully saturated rings. The first kappa shape index (κ1) is 38.0. The van der Waals surface area contributed by atoms with Gasteiger partial charge in [0.15, 0.2) is 0 Å². The zero-order chi connectivity index (χ0) is 10.7. The molecule has 0 aromatic carbocycles. The van der Waals surface area contributed by atoms with Gasteiger partial charge in [-0.3, -0.25) is 0 Å². The molecule has 0 spiro atoms. The van der Waals surface area contributed by atoms with Gasteiger partial charge in [-0.1, -0.05) is 0 Å². The van der Waals surface area contributed by atoms with Crippen LogP contribution < -0.4 is 0 Å². The summed E-state index contributed by atoms with van der Waals surface area (Å²) in [4.78, 5) is 25.1. The van der Waals surface area contributed by atoms with Gasteiger partial charge in [-0.25, -0.2) is 0 Å². The van der Waals surface area contributed by atoms with E-state index in [0.717, 1.165) is 0 Å². The summed E-state index contributed by atoms with van der Waals surface area (Å²) in [5, 5.41) is 40.9. The Morgan fingerprint density at radius 2 is 0.667 bits per heavy atom. The molecule has 0 bridgehead atoms. The summed E-state index contributed by atoms with van der Waals surface area (Å²) >= 11 is 0. The summed E-state index contributed by atoms with van der Waals surface area (Å²) in [5.74, 6) is 0. The van der Waals surface area contributed by atoms with E-state index in [9.17, 15) is 0 Å². The van der Waals surface area contributed by atoms with Gasteiger partial charge in [-0.2, -0.15) is 0 Å². The average molecular weight is 328 g/mol. The topological polar surface area (TPSA) is 253 Å². The predicted octanol–water partition coefficient (Wildman–Crippen LogP) is -2.69. The van der Waals surface area contributed by atoms with Crippen LogP contribution in [0.3, 0.4) is 0 Å². The number of nitrogens with zero attached hydrogens (tertiary/aromatic N) is 3. The summed E-state index contributed by atoms with van der Waals surface area (Å²) in [6.45, 7) is 0. The third-order valence-corrected chi connectivity index (χ3v) is 0. The second-order valence-corrected chi connectivity index (χ2v) is 0.714. The van der Waals surface area contributed by atoms with Crippen molar-refractivity contribution in [2.24, 2.45) is 0 Å². The summed E-state index contributed by atoms with van der Waals surface area (Å²) in [6, 6.07) is 0. The van der Waals surface area contributed by atoms with Crippen molar-refractivity contribution in [3.63, 3.8) is 0 Å². The molecule has 0 atom stereocenters. The van der Waals surface area contributed by atoms with Crippen LogP contribution in [-0.2, 0) is 19.5 Å². The van der Waals surface area contributed by atoms with E-state index in [1.54, 1.807) is 0 Å². The number of rotatable bonds is 0. The standard InChI is InChI=1S/3HNO3.2H2O.Rh/c3*2-1(3)4;;;/h3*(H,2,3,4);2*1H2;. The minimum atomic E-state index is -1.50. The summed E-state index contributed by atoms with van der Waals surface area (Å²) in [7, 11) is 0. The van der Waals surface area contributed by atoms with E-state index in [0.29, 0.717) is 0 Å². The summed E-state index contributed by atoms with van der Waals surface area (Å²) in [5.41, 5.74) is 0. The Hall–Kier alpha value is -1.86. The van der Waals surface area contributed by atoms with Gasteiger partial charge >= 0.3 is 0 Å². The van der Waals surface area contributed by atoms with Crippen molar-refractivity contribution in [1.82, 2.24) is 0 Å². The molecule has 0 aromatic rings. The molecule has 97 valence electrons. The maximum Gasteiger partial charge on any atom is 0.291 e. The normalized spacial score (nSPS) is 4.80.